The van der Waals surface area contributed by atoms with E-state index >= 15 is 0 Å². The molecule has 1 aromatic heterocycles. The highest BCUT2D eigenvalue weighted by Crippen LogP contribution is 2.21. The van der Waals surface area contributed by atoms with Gasteiger partial charge in [-0.25, -0.2) is 9.37 Å². The molecule has 1 atom stereocenters. The van der Waals surface area contributed by atoms with Crippen LogP contribution in [0.15, 0.2) is 42.5 Å². The molecule has 0 aliphatic carbocycles. The number of piperidine rings is 1. The zero-order valence-electron chi connectivity index (χ0n) is 17.9. The molecule has 1 aliphatic rings. The molecular weight excluding hydrogens is 395 g/mol. The lowest BCUT2D eigenvalue weighted by Crippen LogP contribution is -2.52. The molecule has 31 heavy (non-hydrogen) atoms. The van der Waals surface area contributed by atoms with E-state index in [1.54, 1.807) is 11.0 Å². The van der Waals surface area contributed by atoms with Crippen LogP contribution in [0.3, 0.4) is 0 Å². The minimum atomic E-state index is -0.463. The van der Waals surface area contributed by atoms with Gasteiger partial charge in [0.05, 0.1) is 11.0 Å². The zero-order valence-corrected chi connectivity index (χ0v) is 17.9. The average molecular weight is 423 g/mol. The monoisotopic (exact) mass is 422 g/mol. The number of fused-ring (bicyclic) bond motifs is 1. The number of aromatic nitrogens is 2. The van der Waals surface area contributed by atoms with Gasteiger partial charge in [0.25, 0.3) is 5.91 Å². The van der Waals surface area contributed by atoms with Crippen LogP contribution in [0.5, 0.6) is 0 Å². The first-order valence-electron chi connectivity index (χ1n) is 10.7. The summed E-state index contributed by atoms with van der Waals surface area (Å²) in [5, 5.41) is 2.97. The fraction of sp³-hybridized carbons (Fsp3) is 0.375. The summed E-state index contributed by atoms with van der Waals surface area (Å²) in [6.07, 6.45) is 3.01. The number of imidazole rings is 1. The number of nitrogens with zero attached hydrogens (tertiary/aromatic N) is 3. The Bertz CT molecular complexity index is 1120. The molecule has 1 aliphatic heterocycles. The van der Waals surface area contributed by atoms with Gasteiger partial charge in [-0.05, 0) is 49.9 Å². The van der Waals surface area contributed by atoms with Gasteiger partial charge in [-0.3, -0.25) is 9.59 Å². The highest BCUT2D eigenvalue weighted by molar-refractivity contribution is 5.98. The third-order valence-corrected chi connectivity index (χ3v) is 6.03. The molecule has 7 heteroatoms. The molecule has 0 radical (unpaired) electrons. The lowest BCUT2D eigenvalue weighted by molar-refractivity contribution is -0.126. The first-order valence-corrected chi connectivity index (χ1v) is 10.7. The number of aryl methyl sites for hydroxylation is 2. The smallest absolute Gasteiger partial charge is 0.254 e. The maximum absolute atomic E-state index is 13.5. The fourth-order valence-electron chi connectivity index (χ4n) is 4.28. The van der Waals surface area contributed by atoms with Gasteiger partial charge in [-0.15, -0.1) is 0 Å². The van der Waals surface area contributed by atoms with Crippen molar-refractivity contribution < 1.29 is 14.0 Å². The predicted molar refractivity (Wildman–Crippen MR) is 117 cm³/mol. The zero-order chi connectivity index (χ0) is 22.0. The van der Waals surface area contributed by atoms with E-state index in [1.807, 2.05) is 42.8 Å². The van der Waals surface area contributed by atoms with Crippen molar-refractivity contribution in [1.82, 2.24) is 19.8 Å². The van der Waals surface area contributed by atoms with Crippen LogP contribution < -0.4 is 5.32 Å². The van der Waals surface area contributed by atoms with Crippen LogP contribution in [0.25, 0.3) is 11.0 Å². The molecule has 0 spiro atoms. The quantitative estimate of drug-likeness (QED) is 0.686. The molecule has 162 valence electrons. The van der Waals surface area contributed by atoms with Crippen molar-refractivity contribution in [3.8, 4) is 0 Å². The number of amides is 2. The third-order valence-electron chi connectivity index (χ3n) is 6.03. The van der Waals surface area contributed by atoms with Gasteiger partial charge in [0.15, 0.2) is 0 Å². The summed E-state index contributed by atoms with van der Waals surface area (Å²) in [5.41, 5.74) is 3.01. The van der Waals surface area contributed by atoms with Crippen LogP contribution >= 0.6 is 0 Å². The van der Waals surface area contributed by atoms with E-state index in [9.17, 15) is 14.0 Å². The minimum absolute atomic E-state index is 0.0877. The molecule has 1 unspecified atom stereocenters. The number of nitrogens with one attached hydrogen (secondary N) is 1. The van der Waals surface area contributed by atoms with Crippen molar-refractivity contribution in [3.05, 3.63) is 65.2 Å². The molecule has 0 saturated carbocycles. The predicted octanol–water partition coefficient (Wildman–Crippen LogP) is 3.37. The average Bonchev–Trinajstić information content (AvgIpc) is 3.08. The largest absolute Gasteiger partial charge is 0.354 e. The van der Waals surface area contributed by atoms with Gasteiger partial charge in [0.2, 0.25) is 5.91 Å². The van der Waals surface area contributed by atoms with Crippen LogP contribution in [0.1, 0.15) is 41.0 Å². The first kappa shape index (κ1) is 21.0. The Hall–Kier alpha value is -3.22. The van der Waals surface area contributed by atoms with Crippen LogP contribution in [0, 0.1) is 12.7 Å². The van der Waals surface area contributed by atoms with E-state index in [-0.39, 0.29) is 17.6 Å². The van der Waals surface area contributed by atoms with Crippen LogP contribution in [0.4, 0.5) is 4.39 Å². The SMILES string of the molecule is Cc1ccccc1C(=O)N1CCCCC1C(=O)NCCc1nc2cc(F)ccc2n1C. The maximum atomic E-state index is 13.5. The van der Waals surface area contributed by atoms with E-state index in [4.69, 9.17) is 0 Å². The van der Waals surface area contributed by atoms with Crippen LogP contribution in [-0.2, 0) is 18.3 Å². The first-order chi connectivity index (χ1) is 15.0. The Balaban J connectivity index is 1.42. The van der Waals surface area contributed by atoms with Gasteiger partial charge in [0.1, 0.15) is 17.7 Å². The van der Waals surface area contributed by atoms with Crippen molar-refractivity contribution in [1.29, 1.82) is 0 Å². The number of carbonyl (C=O) groups is 2. The Kier molecular flexibility index (Phi) is 6.02. The van der Waals surface area contributed by atoms with Crippen LogP contribution in [0.2, 0.25) is 0 Å². The molecule has 1 saturated heterocycles. The number of likely N-dealkylation sites (tertiary alicyclic amines) is 1. The van der Waals surface area contributed by atoms with Crippen molar-refractivity contribution in [2.24, 2.45) is 7.05 Å². The molecule has 2 aromatic carbocycles. The summed E-state index contributed by atoms with van der Waals surface area (Å²) >= 11 is 0. The number of benzene rings is 2. The van der Waals surface area contributed by atoms with Crippen molar-refractivity contribution in [3.63, 3.8) is 0 Å². The second-order valence-corrected chi connectivity index (χ2v) is 8.09. The summed E-state index contributed by atoms with van der Waals surface area (Å²) in [6.45, 7) is 2.90. The number of carbonyl (C=O) groups excluding carboxylic acids is 2. The molecule has 1 fully saturated rings. The van der Waals surface area contributed by atoms with Gasteiger partial charge in [0, 0.05) is 38.2 Å². The van der Waals surface area contributed by atoms with E-state index in [1.165, 1.54) is 12.1 Å². The molecule has 1 N–H and O–H groups in total. The number of hydrogen-bond acceptors (Lipinski definition) is 3. The fourth-order valence-corrected chi connectivity index (χ4v) is 4.28. The van der Waals surface area contributed by atoms with Crippen molar-refractivity contribution in [2.45, 2.75) is 38.6 Å². The summed E-state index contributed by atoms with van der Waals surface area (Å²) in [7, 11) is 1.88. The third kappa shape index (κ3) is 4.31. The minimum Gasteiger partial charge on any atom is -0.354 e. The van der Waals surface area contributed by atoms with E-state index in [0.29, 0.717) is 37.0 Å². The van der Waals surface area contributed by atoms with Gasteiger partial charge in [-0.1, -0.05) is 18.2 Å². The highest BCUT2D eigenvalue weighted by atomic mass is 19.1. The molecule has 6 nitrogen and oxygen atoms in total. The number of halogens is 1. The normalized spacial score (nSPS) is 16.5. The van der Waals surface area contributed by atoms with Gasteiger partial charge >= 0.3 is 0 Å². The van der Waals surface area contributed by atoms with Gasteiger partial charge < -0.3 is 14.8 Å². The van der Waals surface area contributed by atoms with E-state index in [2.05, 4.69) is 10.3 Å². The molecule has 0 bridgehead atoms. The second kappa shape index (κ2) is 8.88. The molecular formula is C24H27FN4O2. The molecule has 2 amide bonds. The van der Waals surface area contributed by atoms with Crippen molar-refractivity contribution >= 4 is 22.8 Å². The summed E-state index contributed by atoms with van der Waals surface area (Å²) in [6, 6.07) is 11.6. The number of rotatable bonds is 5. The van der Waals surface area contributed by atoms with E-state index in [0.717, 1.165) is 29.7 Å². The standard InChI is InChI=1S/C24H27FN4O2/c1-16-7-3-4-8-18(16)24(31)29-14-6-5-9-21(29)23(30)26-13-12-22-27-19-15-17(25)10-11-20(19)28(22)2/h3-4,7-8,10-11,15,21H,5-6,9,12-14H2,1-2H3,(H,26,30). The van der Waals surface area contributed by atoms with Crippen LogP contribution in [-0.4, -0.2) is 45.4 Å². The lowest BCUT2D eigenvalue weighted by Gasteiger charge is -2.35. The Labute approximate surface area is 181 Å². The lowest BCUT2D eigenvalue weighted by atomic mass is 9.98. The Morgan fingerprint density at radius 2 is 2.00 bits per heavy atom. The molecule has 2 heterocycles. The van der Waals surface area contributed by atoms with Gasteiger partial charge in [-0.2, -0.15) is 0 Å². The summed E-state index contributed by atoms with van der Waals surface area (Å²) in [5.74, 6) is 0.236. The summed E-state index contributed by atoms with van der Waals surface area (Å²) < 4.78 is 15.4. The molecule has 4 rings (SSSR count). The van der Waals surface area contributed by atoms with Crippen molar-refractivity contribution in [2.75, 3.05) is 13.1 Å². The summed E-state index contributed by atoms with van der Waals surface area (Å²) in [4.78, 5) is 32.2. The topological polar surface area (TPSA) is 67.2 Å². The number of hydrogen-bond donors (Lipinski definition) is 1. The Morgan fingerprint density at radius 3 is 2.81 bits per heavy atom. The molecule has 3 aromatic rings. The van der Waals surface area contributed by atoms with E-state index < -0.39 is 6.04 Å². The Morgan fingerprint density at radius 1 is 1.19 bits per heavy atom. The maximum Gasteiger partial charge on any atom is 0.254 e. The highest BCUT2D eigenvalue weighted by Gasteiger charge is 2.32. The second-order valence-electron chi connectivity index (χ2n) is 8.09.